The molecule has 14 nitrogen and oxygen atoms in total. The highest BCUT2D eigenvalue weighted by Gasteiger charge is 2.31. The van der Waals surface area contributed by atoms with E-state index in [2.05, 4.69) is 21.3 Å². The summed E-state index contributed by atoms with van der Waals surface area (Å²) in [5.41, 5.74) is 10.1. The van der Waals surface area contributed by atoms with Crippen LogP contribution in [0, 0.1) is 0 Å². The fraction of sp³-hybridized carbons (Fsp3) is 0.667. The van der Waals surface area contributed by atoms with Crippen LogP contribution in [0.4, 0.5) is 0 Å². The van der Waals surface area contributed by atoms with Gasteiger partial charge in [0.2, 0.25) is 29.5 Å². The van der Waals surface area contributed by atoms with Gasteiger partial charge in [-0.3, -0.25) is 24.0 Å². The van der Waals surface area contributed by atoms with Gasteiger partial charge in [0.25, 0.3) is 0 Å². The number of carboxylic acid groups (broad SMARTS) is 1. The third-order valence-corrected chi connectivity index (χ3v) is 4.80. The Kier molecular flexibility index (Phi) is 11.1. The lowest BCUT2D eigenvalue weighted by Gasteiger charge is -2.24. The zero-order valence-electron chi connectivity index (χ0n) is 17.5. The van der Waals surface area contributed by atoms with E-state index in [0.717, 1.165) is 6.42 Å². The van der Waals surface area contributed by atoms with Crippen LogP contribution in [-0.4, -0.2) is 83.0 Å². The summed E-state index contributed by atoms with van der Waals surface area (Å²) in [7, 11) is 0. The van der Waals surface area contributed by atoms with Crippen molar-refractivity contribution in [2.75, 3.05) is 13.2 Å². The smallest absolute Gasteiger partial charge is 0.326 e. The lowest BCUT2D eigenvalue weighted by Crippen LogP contribution is -2.58. The average Bonchev–Trinajstić information content (AvgIpc) is 3.26. The van der Waals surface area contributed by atoms with Crippen molar-refractivity contribution in [1.82, 2.24) is 21.3 Å². The Morgan fingerprint density at radius 3 is 1.88 bits per heavy atom. The molecule has 0 spiro atoms. The van der Waals surface area contributed by atoms with E-state index in [0.29, 0.717) is 13.0 Å². The average molecular weight is 458 g/mol. The molecule has 0 aromatic carbocycles. The van der Waals surface area contributed by atoms with Crippen molar-refractivity contribution in [2.24, 2.45) is 11.5 Å². The third-order valence-electron chi connectivity index (χ3n) is 4.80. The van der Waals surface area contributed by atoms with E-state index in [4.69, 9.17) is 11.5 Å². The normalized spacial score (nSPS) is 18.1. The summed E-state index contributed by atoms with van der Waals surface area (Å²) >= 11 is 0. The van der Waals surface area contributed by atoms with Crippen LogP contribution in [0.2, 0.25) is 0 Å². The Morgan fingerprint density at radius 1 is 0.875 bits per heavy atom. The van der Waals surface area contributed by atoms with Gasteiger partial charge in [-0.2, -0.15) is 0 Å². The van der Waals surface area contributed by atoms with Gasteiger partial charge in [0.15, 0.2) is 0 Å². The van der Waals surface area contributed by atoms with Crippen LogP contribution in [0.5, 0.6) is 0 Å². The molecule has 180 valence electrons. The highest BCUT2D eigenvalue weighted by Crippen LogP contribution is 2.06. The highest BCUT2D eigenvalue weighted by atomic mass is 16.4. The minimum Gasteiger partial charge on any atom is -0.480 e. The van der Waals surface area contributed by atoms with E-state index in [1.165, 1.54) is 0 Å². The van der Waals surface area contributed by atoms with Crippen LogP contribution in [-0.2, 0) is 28.8 Å². The van der Waals surface area contributed by atoms with Gasteiger partial charge < -0.3 is 42.9 Å². The van der Waals surface area contributed by atoms with Crippen LogP contribution in [0.25, 0.3) is 0 Å². The molecule has 1 rings (SSSR count). The van der Waals surface area contributed by atoms with Gasteiger partial charge in [-0.1, -0.05) is 0 Å². The fourth-order valence-electron chi connectivity index (χ4n) is 3.02. The van der Waals surface area contributed by atoms with Crippen molar-refractivity contribution >= 4 is 35.5 Å². The van der Waals surface area contributed by atoms with Crippen molar-refractivity contribution < 1.29 is 39.0 Å². The number of nitrogens with one attached hydrogen (secondary N) is 4. The monoisotopic (exact) mass is 458 g/mol. The van der Waals surface area contributed by atoms with Crippen molar-refractivity contribution in [2.45, 2.75) is 62.7 Å². The standard InChI is InChI=1S/C18H30N6O8/c19-13(26)5-3-10(16(29)23-11(18(31)32)4-6-14(20)27)22-17(30)12(8-25)24-15(28)9-2-1-7-21-9/h9-12,21,25H,1-8H2,(H2,19,26)(H2,20,27)(H,22,30)(H,23,29)(H,24,28)(H,31,32). The number of carbonyl (C=O) groups is 6. The first-order valence-electron chi connectivity index (χ1n) is 10.1. The summed E-state index contributed by atoms with van der Waals surface area (Å²) in [5.74, 6) is -5.30. The Balaban J connectivity index is 2.83. The minimum atomic E-state index is -1.47. The van der Waals surface area contributed by atoms with Crippen LogP contribution in [0.1, 0.15) is 38.5 Å². The first-order valence-corrected chi connectivity index (χ1v) is 10.1. The predicted molar refractivity (Wildman–Crippen MR) is 108 cm³/mol. The fourth-order valence-corrected chi connectivity index (χ4v) is 3.02. The molecular formula is C18H30N6O8. The summed E-state index contributed by atoms with van der Waals surface area (Å²) in [4.78, 5) is 70.7. The summed E-state index contributed by atoms with van der Waals surface area (Å²) in [6.07, 6.45) is 0.200. The molecule has 0 radical (unpaired) electrons. The van der Waals surface area contributed by atoms with Crippen LogP contribution in [0.15, 0.2) is 0 Å². The number of aliphatic carboxylic acids is 1. The first-order chi connectivity index (χ1) is 15.0. The first kappa shape index (κ1) is 26.8. The number of amides is 5. The number of carbonyl (C=O) groups excluding carboxylic acids is 5. The molecule has 4 unspecified atom stereocenters. The lowest BCUT2D eigenvalue weighted by atomic mass is 10.1. The zero-order chi connectivity index (χ0) is 24.3. The van der Waals surface area contributed by atoms with E-state index in [1.54, 1.807) is 0 Å². The molecule has 1 aliphatic heterocycles. The molecule has 0 bridgehead atoms. The Morgan fingerprint density at radius 2 is 1.41 bits per heavy atom. The molecule has 0 aliphatic carbocycles. The minimum absolute atomic E-state index is 0.259. The second-order valence-electron chi connectivity index (χ2n) is 7.36. The third kappa shape index (κ3) is 9.26. The summed E-state index contributed by atoms with van der Waals surface area (Å²) in [5, 5.41) is 28.5. The number of rotatable bonds is 14. The van der Waals surface area contributed by atoms with Crippen LogP contribution in [0.3, 0.4) is 0 Å². The SMILES string of the molecule is NC(=O)CCC(NC(=O)C(CCC(N)=O)NC(=O)C(CO)NC(=O)C1CCCN1)C(=O)O. The van der Waals surface area contributed by atoms with E-state index in [9.17, 15) is 39.0 Å². The number of aliphatic hydroxyl groups is 1. The Labute approximate surface area is 183 Å². The number of hydrogen-bond acceptors (Lipinski definition) is 8. The summed E-state index contributed by atoms with van der Waals surface area (Å²) < 4.78 is 0. The molecule has 1 fully saturated rings. The van der Waals surface area contributed by atoms with E-state index in [-0.39, 0.29) is 25.7 Å². The van der Waals surface area contributed by atoms with Crippen molar-refractivity contribution in [3.05, 3.63) is 0 Å². The maximum absolute atomic E-state index is 12.6. The predicted octanol–water partition coefficient (Wildman–Crippen LogP) is -4.20. The second kappa shape index (κ2) is 13.2. The molecule has 1 saturated heterocycles. The number of carboxylic acids is 1. The molecule has 14 heteroatoms. The van der Waals surface area contributed by atoms with E-state index in [1.807, 2.05) is 0 Å². The van der Waals surface area contributed by atoms with Crippen molar-refractivity contribution in [1.29, 1.82) is 0 Å². The zero-order valence-corrected chi connectivity index (χ0v) is 17.5. The van der Waals surface area contributed by atoms with Gasteiger partial charge in [0.05, 0.1) is 12.6 Å². The second-order valence-corrected chi connectivity index (χ2v) is 7.36. The lowest BCUT2D eigenvalue weighted by molar-refractivity contribution is -0.143. The summed E-state index contributed by atoms with van der Waals surface area (Å²) in [6, 6.07) is -4.74. The maximum atomic E-state index is 12.6. The van der Waals surface area contributed by atoms with Crippen molar-refractivity contribution in [3.8, 4) is 0 Å². The number of primary amides is 2. The van der Waals surface area contributed by atoms with Gasteiger partial charge in [0.1, 0.15) is 18.1 Å². The molecular weight excluding hydrogens is 428 g/mol. The molecule has 1 aliphatic rings. The summed E-state index contributed by atoms with van der Waals surface area (Å²) in [6.45, 7) is -0.116. The molecule has 0 saturated carbocycles. The van der Waals surface area contributed by atoms with Gasteiger partial charge in [-0.15, -0.1) is 0 Å². The van der Waals surface area contributed by atoms with Gasteiger partial charge in [0, 0.05) is 12.8 Å². The molecule has 4 atom stereocenters. The van der Waals surface area contributed by atoms with Crippen LogP contribution < -0.4 is 32.7 Å². The highest BCUT2D eigenvalue weighted by molar-refractivity contribution is 5.94. The van der Waals surface area contributed by atoms with Gasteiger partial charge >= 0.3 is 5.97 Å². The largest absolute Gasteiger partial charge is 0.480 e. The number of nitrogens with two attached hydrogens (primary N) is 2. The molecule has 5 amide bonds. The molecule has 32 heavy (non-hydrogen) atoms. The maximum Gasteiger partial charge on any atom is 0.326 e. The van der Waals surface area contributed by atoms with E-state index >= 15 is 0 Å². The number of hydrogen-bond donors (Lipinski definition) is 8. The van der Waals surface area contributed by atoms with Gasteiger partial charge in [-0.25, -0.2) is 4.79 Å². The Hall–Kier alpha value is -3.26. The molecule has 0 aromatic heterocycles. The molecule has 10 N–H and O–H groups in total. The van der Waals surface area contributed by atoms with Crippen LogP contribution >= 0.6 is 0 Å². The Bertz CT molecular complexity index is 724. The number of aliphatic hydroxyl groups excluding tert-OH is 1. The topological polar surface area (TPSA) is 243 Å². The van der Waals surface area contributed by atoms with Crippen molar-refractivity contribution in [3.63, 3.8) is 0 Å². The molecule has 0 aromatic rings. The van der Waals surface area contributed by atoms with Gasteiger partial charge in [-0.05, 0) is 32.2 Å². The quantitative estimate of drug-likeness (QED) is 0.126. The van der Waals surface area contributed by atoms with E-state index < -0.39 is 66.3 Å². The molecule has 1 heterocycles.